The summed E-state index contributed by atoms with van der Waals surface area (Å²) in [5.41, 5.74) is 1.40. The predicted octanol–water partition coefficient (Wildman–Crippen LogP) is 3.17. The summed E-state index contributed by atoms with van der Waals surface area (Å²) in [5, 5.41) is 4.93. The molecule has 2 heterocycles. The van der Waals surface area contributed by atoms with Gasteiger partial charge in [0.05, 0.1) is 5.69 Å². The molecule has 3 nitrogen and oxygen atoms in total. The highest BCUT2D eigenvalue weighted by atomic mass is 32.1. The highest BCUT2D eigenvalue weighted by molar-refractivity contribution is 7.11. The van der Waals surface area contributed by atoms with Gasteiger partial charge in [-0.3, -0.25) is 0 Å². The molecule has 0 bridgehead atoms. The molecule has 1 aromatic rings. The Morgan fingerprint density at radius 3 is 2.95 bits per heavy atom. The molecule has 0 spiro atoms. The number of fused-ring (bicyclic) bond motifs is 1. The zero-order valence-electron chi connectivity index (χ0n) is 11.4. The molecule has 1 N–H and O–H groups in total. The largest absolute Gasteiger partial charge is 0.371 e. The molecule has 4 rings (SSSR count). The minimum atomic E-state index is 0.299. The first-order valence-electron chi connectivity index (χ1n) is 7.74. The van der Waals surface area contributed by atoms with E-state index in [-0.39, 0.29) is 0 Å². The summed E-state index contributed by atoms with van der Waals surface area (Å²) in [7, 11) is 0. The van der Waals surface area contributed by atoms with Crippen LogP contribution in [0.1, 0.15) is 66.1 Å². The van der Waals surface area contributed by atoms with Crippen molar-refractivity contribution in [3.05, 3.63) is 15.6 Å². The van der Waals surface area contributed by atoms with E-state index in [0.29, 0.717) is 12.0 Å². The molecule has 2 fully saturated rings. The molecule has 0 amide bonds. The fourth-order valence-corrected chi connectivity index (χ4v) is 4.51. The molecule has 19 heavy (non-hydrogen) atoms. The quantitative estimate of drug-likeness (QED) is 0.918. The number of ether oxygens (including phenoxy) is 1. The lowest BCUT2D eigenvalue weighted by Crippen LogP contribution is -2.25. The van der Waals surface area contributed by atoms with Crippen molar-refractivity contribution in [2.75, 3.05) is 13.2 Å². The van der Waals surface area contributed by atoms with Crippen molar-refractivity contribution in [1.82, 2.24) is 10.3 Å². The molecule has 2 unspecified atom stereocenters. The summed E-state index contributed by atoms with van der Waals surface area (Å²) in [4.78, 5) is 6.51. The fourth-order valence-electron chi connectivity index (χ4n) is 3.23. The van der Waals surface area contributed by atoms with Gasteiger partial charge in [0.2, 0.25) is 0 Å². The van der Waals surface area contributed by atoms with Crippen LogP contribution >= 0.6 is 11.3 Å². The standard InChI is InChI=1S/C15H22N2OS/c1-3-10(9-16-11-6-7-11)14-13(5-1)19-15(17-14)12-4-2-8-18-12/h10-12,16H,1-9H2. The average Bonchev–Trinajstić information content (AvgIpc) is 2.94. The van der Waals surface area contributed by atoms with Gasteiger partial charge in [0.15, 0.2) is 0 Å². The third-order valence-corrected chi connectivity index (χ3v) is 5.75. The van der Waals surface area contributed by atoms with E-state index in [4.69, 9.17) is 9.72 Å². The number of aryl methyl sites for hydroxylation is 1. The molecule has 1 saturated carbocycles. The minimum Gasteiger partial charge on any atom is -0.371 e. The van der Waals surface area contributed by atoms with Gasteiger partial charge in [-0.1, -0.05) is 0 Å². The van der Waals surface area contributed by atoms with E-state index in [0.717, 1.165) is 25.6 Å². The number of nitrogens with one attached hydrogen (secondary N) is 1. The Morgan fingerprint density at radius 1 is 1.21 bits per heavy atom. The van der Waals surface area contributed by atoms with Crippen LogP contribution in [-0.2, 0) is 11.2 Å². The maximum Gasteiger partial charge on any atom is 0.122 e. The van der Waals surface area contributed by atoms with Gasteiger partial charge in [0.25, 0.3) is 0 Å². The maximum atomic E-state index is 5.79. The van der Waals surface area contributed by atoms with Crippen molar-refractivity contribution in [1.29, 1.82) is 0 Å². The van der Waals surface area contributed by atoms with Crippen LogP contribution in [0.3, 0.4) is 0 Å². The van der Waals surface area contributed by atoms with Crippen LogP contribution in [0.4, 0.5) is 0 Å². The van der Waals surface area contributed by atoms with Gasteiger partial charge in [-0.05, 0) is 44.9 Å². The highest BCUT2D eigenvalue weighted by Gasteiger charge is 2.30. The van der Waals surface area contributed by atoms with E-state index in [9.17, 15) is 0 Å². The normalized spacial score (nSPS) is 30.5. The van der Waals surface area contributed by atoms with Gasteiger partial charge in [-0.25, -0.2) is 4.98 Å². The van der Waals surface area contributed by atoms with E-state index in [1.54, 1.807) is 4.88 Å². The SMILES string of the molecule is C1Cc2sc(C3CCCO3)nc2C(CNC2CC2)C1. The van der Waals surface area contributed by atoms with Crippen molar-refractivity contribution in [2.45, 2.75) is 63.0 Å². The molecule has 1 saturated heterocycles. The Kier molecular flexibility index (Phi) is 3.34. The van der Waals surface area contributed by atoms with Crippen LogP contribution in [0.2, 0.25) is 0 Å². The lowest BCUT2D eigenvalue weighted by atomic mass is 9.91. The maximum absolute atomic E-state index is 5.79. The van der Waals surface area contributed by atoms with Crippen molar-refractivity contribution in [3.8, 4) is 0 Å². The van der Waals surface area contributed by atoms with Crippen LogP contribution in [0.25, 0.3) is 0 Å². The van der Waals surface area contributed by atoms with Crippen LogP contribution in [0, 0.1) is 0 Å². The molecule has 2 aliphatic carbocycles. The van der Waals surface area contributed by atoms with Crippen LogP contribution in [0.5, 0.6) is 0 Å². The van der Waals surface area contributed by atoms with Gasteiger partial charge in [-0.2, -0.15) is 0 Å². The van der Waals surface area contributed by atoms with Crippen molar-refractivity contribution >= 4 is 11.3 Å². The van der Waals surface area contributed by atoms with Gasteiger partial charge < -0.3 is 10.1 Å². The number of hydrogen-bond acceptors (Lipinski definition) is 4. The van der Waals surface area contributed by atoms with E-state index in [2.05, 4.69) is 5.32 Å². The molecular formula is C15H22N2OS. The molecule has 3 aliphatic rings. The lowest BCUT2D eigenvalue weighted by Gasteiger charge is -2.21. The molecule has 0 aromatic carbocycles. The Hall–Kier alpha value is -0.450. The highest BCUT2D eigenvalue weighted by Crippen LogP contribution is 2.39. The van der Waals surface area contributed by atoms with Crippen LogP contribution in [-0.4, -0.2) is 24.2 Å². The second kappa shape index (κ2) is 5.15. The molecule has 4 heteroatoms. The Balaban J connectivity index is 1.51. The first kappa shape index (κ1) is 12.3. The van der Waals surface area contributed by atoms with Crippen molar-refractivity contribution < 1.29 is 4.74 Å². The van der Waals surface area contributed by atoms with Gasteiger partial charge >= 0.3 is 0 Å². The van der Waals surface area contributed by atoms with Gasteiger partial charge in [0, 0.05) is 30.0 Å². The van der Waals surface area contributed by atoms with E-state index >= 15 is 0 Å². The Bertz CT molecular complexity index is 449. The molecule has 1 aromatic heterocycles. The number of rotatable bonds is 4. The zero-order chi connectivity index (χ0) is 12.7. The number of nitrogens with zero attached hydrogens (tertiary/aromatic N) is 1. The number of thiazole rings is 1. The molecule has 1 aliphatic heterocycles. The molecule has 2 atom stereocenters. The summed E-state index contributed by atoms with van der Waals surface area (Å²) in [6.45, 7) is 2.05. The second-order valence-corrected chi connectivity index (χ2v) is 7.25. The monoisotopic (exact) mass is 278 g/mol. The topological polar surface area (TPSA) is 34.1 Å². The summed E-state index contributed by atoms with van der Waals surface area (Å²) in [6, 6.07) is 0.807. The first-order chi connectivity index (χ1) is 9.40. The van der Waals surface area contributed by atoms with E-state index in [1.807, 2.05) is 11.3 Å². The van der Waals surface area contributed by atoms with E-state index in [1.165, 1.54) is 49.2 Å². The lowest BCUT2D eigenvalue weighted by molar-refractivity contribution is 0.111. The smallest absolute Gasteiger partial charge is 0.122 e. The number of hydrogen-bond donors (Lipinski definition) is 1. The van der Waals surface area contributed by atoms with Crippen LogP contribution in [0.15, 0.2) is 0 Å². The predicted molar refractivity (Wildman–Crippen MR) is 76.7 cm³/mol. The van der Waals surface area contributed by atoms with Crippen LogP contribution < -0.4 is 5.32 Å². The zero-order valence-corrected chi connectivity index (χ0v) is 12.2. The molecule has 104 valence electrons. The summed E-state index contributed by atoms with van der Waals surface area (Å²) < 4.78 is 5.79. The Morgan fingerprint density at radius 2 is 2.16 bits per heavy atom. The van der Waals surface area contributed by atoms with Crippen molar-refractivity contribution in [3.63, 3.8) is 0 Å². The fraction of sp³-hybridized carbons (Fsp3) is 0.800. The van der Waals surface area contributed by atoms with Gasteiger partial charge in [-0.15, -0.1) is 11.3 Å². The third-order valence-electron chi connectivity index (χ3n) is 4.52. The Labute approximate surface area is 118 Å². The van der Waals surface area contributed by atoms with E-state index < -0.39 is 0 Å². The number of aromatic nitrogens is 1. The minimum absolute atomic E-state index is 0.299. The summed E-state index contributed by atoms with van der Waals surface area (Å²) in [5.74, 6) is 0.649. The third kappa shape index (κ3) is 2.58. The molecule has 0 radical (unpaired) electrons. The molecular weight excluding hydrogens is 256 g/mol. The van der Waals surface area contributed by atoms with Gasteiger partial charge in [0.1, 0.15) is 11.1 Å². The summed E-state index contributed by atoms with van der Waals surface area (Å²) >= 11 is 1.92. The average molecular weight is 278 g/mol. The second-order valence-electron chi connectivity index (χ2n) is 6.13. The van der Waals surface area contributed by atoms with Crippen molar-refractivity contribution in [2.24, 2.45) is 0 Å². The first-order valence-corrected chi connectivity index (χ1v) is 8.56. The summed E-state index contributed by atoms with van der Waals surface area (Å²) in [6.07, 6.45) is 9.28.